The lowest BCUT2D eigenvalue weighted by Gasteiger charge is -2.42. The second kappa shape index (κ2) is 5.28. The van der Waals surface area contributed by atoms with E-state index in [-0.39, 0.29) is 0 Å². The Morgan fingerprint density at radius 2 is 2.06 bits per heavy atom. The zero-order valence-electron chi connectivity index (χ0n) is 10.4. The number of rotatable bonds is 2. The van der Waals surface area contributed by atoms with Crippen LogP contribution in [0.1, 0.15) is 39.5 Å². The lowest BCUT2D eigenvalue weighted by atomic mass is 9.89. The highest BCUT2D eigenvalue weighted by atomic mass is 16.5. The molecule has 0 N–H and O–H groups in total. The quantitative estimate of drug-likeness (QED) is 0.718. The summed E-state index contributed by atoms with van der Waals surface area (Å²) >= 11 is 0. The minimum absolute atomic E-state index is 0.430. The summed E-state index contributed by atoms with van der Waals surface area (Å²) in [5, 5.41) is 0. The van der Waals surface area contributed by atoms with Crippen LogP contribution in [0.25, 0.3) is 0 Å². The predicted molar refractivity (Wildman–Crippen MR) is 63.4 cm³/mol. The SMILES string of the molecule is CC1CC(=O)CCN1C(C)C1CCOCC1. The molecule has 0 saturated carbocycles. The van der Waals surface area contributed by atoms with Crippen LogP contribution >= 0.6 is 0 Å². The number of carbonyl (C=O) groups excluding carboxylic acids is 1. The standard InChI is InChI=1S/C13H23NO2/c1-10-9-13(15)3-6-14(10)11(2)12-4-7-16-8-5-12/h10-12H,3-9H2,1-2H3. The fraction of sp³-hybridized carbons (Fsp3) is 0.923. The Labute approximate surface area is 98.1 Å². The van der Waals surface area contributed by atoms with Gasteiger partial charge < -0.3 is 4.74 Å². The highest BCUT2D eigenvalue weighted by Gasteiger charge is 2.31. The molecule has 2 unspecified atom stereocenters. The van der Waals surface area contributed by atoms with Crippen LogP contribution in [0.15, 0.2) is 0 Å². The summed E-state index contributed by atoms with van der Waals surface area (Å²) in [4.78, 5) is 13.9. The zero-order valence-corrected chi connectivity index (χ0v) is 10.4. The second-order valence-corrected chi connectivity index (χ2v) is 5.27. The summed E-state index contributed by atoms with van der Waals surface area (Å²) in [5.41, 5.74) is 0. The lowest BCUT2D eigenvalue weighted by Crippen LogP contribution is -2.49. The van der Waals surface area contributed by atoms with Gasteiger partial charge in [0.05, 0.1) is 0 Å². The Hall–Kier alpha value is -0.410. The molecule has 2 atom stereocenters. The van der Waals surface area contributed by atoms with Gasteiger partial charge in [-0.2, -0.15) is 0 Å². The van der Waals surface area contributed by atoms with E-state index in [4.69, 9.17) is 4.74 Å². The molecule has 0 radical (unpaired) electrons. The van der Waals surface area contributed by atoms with Crippen molar-refractivity contribution in [2.45, 2.75) is 51.6 Å². The fourth-order valence-corrected chi connectivity index (χ4v) is 3.10. The van der Waals surface area contributed by atoms with Crippen LogP contribution in [-0.4, -0.2) is 42.5 Å². The van der Waals surface area contributed by atoms with Gasteiger partial charge >= 0.3 is 0 Å². The molecule has 0 aromatic heterocycles. The van der Waals surface area contributed by atoms with Crippen molar-refractivity contribution in [3.63, 3.8) is 0 Å². The van der Waals surface area contributed by atoms with E-state index in [9.17, 15) is 4.79 Å². The first-order chi connectivity index (χ1) is 7.68. The second-order valence-electron chi connectivity index (χ2n) is 5.27. The molecule has 0 aliphatic carbocycles. The van der Waals surface area contributed by atoms with E-state index in [0.717, 1.165) is 38.5 Å². The molecular formula is C13H23NO2. The van der Waals surface area contributed by atoms with E-state index in [1.54, 1.807) is 0 Å². The average Bonchev–Trinajstić information content (AvgIpc) is 2.29. The number of ketones is 1. The largest absolute Gasteiger partial charge is 0.381 e. The summed E-state index contributed by atoms with van der Waals surface area (Å²) in [5.74, 6) is 1.19. The van der Waals surface area contributed by atoms with Crippen molar-refractivity contribution in [1.82, 2.24) is 4.90 Å². The number of hydrogen-bond acceptors (Lipinski definition) is 3. The molecule has 0 aromatic rings. The third-order valence-electron chi connectivity index (χ3n) is 4.21. The first-order valence-electron chi connectivity index (χ1n) is 6.53. The van der Waals surface area contributed by atoms with E-state index < -0.39 is 0 Å². The third kappa shape index (κ3) is 2.64. The molecule has 2 fully saturated rings. The lowest BCUT2D eigenvalue weighted by molar-refractivity contribution is -0.124. The Morgan fingerprint density at radius 1 is 1.38 bits per heavy atom. The first kappa shape index (κ1) is 12.1. The average molecular weight is 225 g/mol. The molecule has 92 valence electrons. The van der Waals surface area contributed by atoms with Gasteiger partial charge in [-0.15, -0.1) is 0 Å². The Bertz CT molecular complexity index is 248. The van der Waals surface area contributed by atoms with Crippen molar-refractivity contribution in [2.75, 3.05) is 19.8 Å². The number of carbonyl (C=O) groups is 1. The van der Waals surface area contributed by atoms with Crippen molar-refractivity contribution >= 4 is 5.78 Å². The number of hydrogen-bond donors (Lipinski definition) is 0. The highest BCUT2D eigenvalue weighted by Crippen LogP contribution is 2.26. The minimum atomic E-state index is 0.430. The van der Waals surface area contributed by atoms with Gasteiger partial charge in [0.2, 0.25) is 0 Å². The number of nitrogens with zero attached hydrogens (tertiary/aromatic N) is 1. The molecule has 2 aliphatic rings. The molecule has 2 saturated heterocycles. The maximum absolute atomic E-state index is 11.4. The summed E-state index contributed by atoms with van der Waals surface area (Å²) in [6.07, 6.45) is 3.85. The number of piperidine rings is 1. The number of likely N-dealkylation sites (tertiary alicyclic amines) is 1. The Kier molecular flexibility index (Phi) is 3.98. The first-order valence-corrected chi connectivity index (χ1v) is 6.53. The monoisotopic (exact) mass is 225 g/mol. The number of ether oxygens (including phenoxy) is 1. The summed E-state index contributed by atoms with van der Waals surface area (Å²) in [7, 11) is 0. The molecule has 16 heavy (non-hydrogen) atoms. The zero-order chi connectivity index (χ0) is 11.5. The van der Waals surface area contributed by atoms with Crippen LogP contribution in [0.4, 0.5) is 0 Å². The van der Waals surface area contributed by atoms with Gasteiger partial charge in [0.15, 0.2) is 0 Å². The highest BCUT2D eigenvalue weighted by molar-refractivity contribution is 5.79. The predicted octanol–water partition coefficient (Wildman–Crippen LogP) is 1.85. The van der Waals surface area contributed by atoms with Crippen molar-refractivity contribution in [1.29, 1.82) is 0 Å². The molecule has 0 aromatic carbocycles. The van der Waals surface area contributed by atoms with E-state index in [2.05, 4.69) is 18.7 Å². The van der Waals surface area contributed by atoms with Gasteiger partial charge in [-0.3, -0.25) is 9.69 Å². The van der Waals surface area contributed by atoms with Crippen LogP contribution in [0.3, 0.4) is 0 Å². The summed E-state index contributed by atoms with van der Waals surface area (Å²) < 4.78 is 5.41. The molecule has 2 rings (SSSR count). The maximum Gasteiger partial charge on any atom is 0.135 e. The van der Waals surface area contributed by atoms with Crippen molar-refractivity contribution in [2.24, 2.45) is 5.92 Å². The van der Waals surface area contributed by atoms with Crippen LogP contribution in [-0.2, 0) is 9.53 Å². The summed E-state index contributed by atoms with van der Waals surface area (Å²) in [6.45, 7) is 7.29. The van der Waals surface area contributed by atoms with Crippen molar-refractivity contribution in [3.05, 3.63) is 0 Å². The summed E-state index contributed by atoms with van der Waals surface area (Å²) in [6, 6.07) is 1.03. The van der Waals surface area contributed by atoms with Crippen molar-refractivity contribution in [3.8, 4) is 0 Å². The van der Waals surface area contributed by atoms with Crippen LogP contribution in [0.5, 0.6) is 0 Å². The topological polar surface area (TPSA) is 29.5 Å². The van der Waals surface area contributed by atoms with Gasteiger partial charge in [0, 0.05) is 44.7 Å². The molecular weight excluding hydrogens is 202 g/mol. The normalized spacial score (nSPS) is 31.6. The molecule has 0 spiro atoms. The minimum Gasteiger partial charge on any atom is -0.381 e. The molecule has 3 nitrogen and oxygen atoms in total. The number of Topliss-reactive ketones (excluding diaryl/α,β-unsaturated/α-hetero) is 1. The van der Waals surface area contributed by atoms with Crippen LogP contribution in [0.2, 0.25) is 0 Å². The van der Waals surface area contributed by atoms with Gasteiger partial charge in [0.1, 0.15) is 5.78 Å². The third-order valence-corrected chi connectivity index (χ3v) is 4.21. The van der Waals surface area contributed by atoms with Gasteiger partial charge in [-0.25, -0.2) is 0 Å². The molecule has 2 heterocycles. The molecule has 2 aliphatic heterocycles. The van der Waals surface area contributed by atoms with Crippen LogP contribution < -0.4 is 0 Å². The van der Waals surface area contributed by atoms with Crippen molar-refractivity contribution < 1.29 is 9.53 Å². The van der Waals surface area contributed by atoms with Crippen LogP contribution in [0, 0.1) is 5.92 Å². The van der Waals surface area contributed by atoms with E-state index in [1.165, 1.54) is 12.8 Å². The van der Waals surface area contributed by atoms with Gasteiger partial charge in [0.25, 0.3) is 0 Å². The molecule has 3 heteroatoms. The molecule has 0 amide bonds. The fourth-order valence-electron chi connectivity index (χ4n) is 3.10. The maximum atomic E-state index is 11.4. The van der Waals surface area contributed by atoms with E-state index in [0.29, 0.717) is 17.9 Å². The Balaban J connectivity index is 1.92. The smallest absolute Gasteiger partial charge is 0.135 e. The molecule has 0 bridgehead atoms. The van der Waals surface area contributed by atoms with E-state index in [1.807, 2.05) is 0 Å². The van der Waals surface area contributed by atoms with E-state index >= 15 is 0 Å². The Morgan fingerprint density at radius 3 is 2.69 bits per heavy atom. The van der Waals surface area contributed by atoms with Gasteiger partial charge in [-0.05, 0) is 32.6 Å². The van der Waals surface area contributed by atoms with Gasteiger partial charge in [-0.1, -0.05) is 0 Å².